The van der Waals surface area contributed by atoms with E-state index in [1.54, 1.807) is 12.1 Å². The molecule has 1 aliphatic heterocycles. The number of nitrogens with one attached hydrogen (secondary N) is 1. The van der Waals surface area contributed by atoms with Gasteiger partial charge < -0.3 is 9.84 Å². The van der Waals surface area contributed by atoms with Gasteiger partial charge in [0.05, 0.1) is 10.0 Å². The summed E-state index contributed by atoms with van der Waals surface area (Å²) < 4.78 is 19.2. The maximum Gasteiger partial charge on any atom is 0.247 e. The first-order chi connectivity index (χ1) is 10.1. The van der Waals surface area contributed by atoms with E-state index >= 15 is 0 Å². The van der Waals surface area contributed by atoms with E-state index < -0.39 is 0 Å². The van der Waals surface area contributed by atoms with Gasteiger partial charge in [0.15, 0.2) is 0 Å². The summed E-state index contributed by atoms with van der Waals surface area (Å²) in [6.07, 6.45) is 4.14. The van der Waals surface area contributed by atoms with E-state index in [0.717, 1.165) is 37.8 Å². The number of hydrogen-bond donors (Lipinski definition) is 1. The van der Waals surface area contributed by atoms with Gasteiger partial charge in [-0.2, -0.15) is 4.98 Å². The highest BCUT2D eigenvalue weighted by atomic mass is 79.9. The third-order valence-corrected chi connectivity index (χ3v) is 4.54. The molecule has 0 radical (unpaired) electrons. The van der Waals surface area contributed by atoms with Crippen molar-refractivity contribution in [1.29, 1.82) is 0 Å². The molecule has 0 bridgehead atoms. The molecule has 6 heteroatoms. The standard InChI is InChI=1S/C15H17BrFN3O/c1-2-6-15(7-3-8-18-15)14-19-13(20-21-14)10-4-5-12(17)11(16)9-10/h4-5,9,18H,2-3,6-8H2,1H3. The predicted octanol–water partition coefficient (Wildman–Crippen LogP) is 4.02. The lowest BCUT2D eigenvalue weighted by Gasteiger charge is -2.24. The first-order valence-corrected chi connectivity index (χ1v) is 7.98. The molecule has 2 aromatic rings. The van der Waals surface area contributed by atoms with Gasteiger partial charge in [-0.25, -0.2) is 4.39 Å². The average molecular weight is 354 g/mol. The van der Waals surface area contributed by atoms with Gasteiger partial charge in [-0.1, -0.05) is 18.5 Å². The fraction of sp³-hybridized carbons (Fsp3) is 0.467. The second-order valence-electron chi connectivity index (χ2n) is 5.41. The monoisotopic (exact) mass is 353 g/mol. The summed E-state index contributed by atoms with van der Waals surface area (Å²) >= 11 is 3.18. The van der Waals surface area contributed by atoms with Crippen LogP contribution in [0.2, 0.25) is 0 Å². The average Bonchev–Trinajstić information content (AvgIpc) is 3.12. The quantitative estimate of drug-likeness (QED) is 0.901. The third kappa shape index (κ3) is 2.74. The Hall–Kier alpha value is -1.27. The van der Waals surface area contributed by atoms with Crippen molar-refractivity contribution in [2.24, 2.45) is 0 Å². The van der Waals surface area contributed by atoms with Crippen LogP contribution in [0.5, 0.6) is 0 Å². The van der Waals surface area contributed by atoms with Gasteiger partial charge in [0.25, 0.3) is 0 Å². The summed E-state index contributed by atoms with van der Waals surface area (Å²) in [5.41, 5.74) is 0.542. The Balaban J connectivity index is 1.93. The van der Waals surface area contributed by atoms with Crippen molar-refractivity contribution in [3.05, 3.63) is 34.4 Å². The van der Waals surface area contributed by atoms with Crippen molar-refractivity contribution in [2.45, 2.75) is 38.1 Å². The largest absolute Gasteiger partial charge is 0.337 e. The Morgan fingerprint density at radius 2 is 2.33 bits per heavy atom. The van der Waals surface area contributed by atoms with Crippen LogP contribution in [-0.2, 0) is 5.54 Å². The maximum absolute atomic E-state index is 13.3. The van der Waals surface area contributed by atoms with E-state index in [4.69, 9.17) is 4.52 Å². The topological polar surface area (TPSA) is 51.0 Å². The van der Waals surface area contributed by atoms with Crippen molar-refractivity contribution < 1.29 is 8.91 Å². The molecule has 112 valence electrons. The van der Waals surface area contributed by atoms with Crippen LogP contribution in [0.3, 0.4) is 0 Å². The Labute approximate surface area is 131 Å². The fourth-order valence-corrected chi connectivity index (χ4v) is 3.28. The van der Waals surface area contributed by atoms with Crippen molar-refractivity contribution in [2.75, 3.05) is 6.54 Å². The van der Waals surface area contributed by atoms with Gasteiger partial charge >= 0.3 is 0 Å². The normalized spacial score (nSPS) is 21.9. The molecule has 0 aliphatic carbocycles. The molecule has 4 nitrogen and oxygen atoms in total. The SMILES string of the molecule is CCCC1(c2nc(-c3ccc(F)c(Br)c3)no2)CCCN1. The first-order valence-electron chi connectivity index (χ1n) is 7.19. The molecule has 3 rings (SSSR count). The van der Waals surface area contributed by atoms with Crippen LogP contribution >= 0.6 is 15.9 Å². The molecular formula is C15H17BrFN3O. The molecule has 1 aliphatic rings. The molecule has 0 spiro atoms. The van der Waals surface area contributed by atoms with E-state index in [0.29, 0.717) is 16.2 Å². The summed E-state index contributed by atoms with van der Waals surface area (Å²) in [5, 5.41) is 7.57. The van der Waals surface area contributed by atoms with Gasteiger partial charge in [-0.3, -0.25) is 0 Å². The molecule has 1 aromatic heterocycles. The van der Waals surface area contributed by atoms with Crippen LogP contribution in [0.25, 0.3) is 11.4 Å². The number of halogens is 2. The van der Waals surface area contributed by atoms with E-state index in [1.165, 1.54) is 6.07 Å². The third-order valence-electron chi connectivity index (χ3n) is 3.93. The lowest BCUT2D eigenvalue weighted by atomic mass is 9.92. The number of nitrogens with zero attached hydrogens (tertiary/aromatic N) is 2. The zero-order valence-corrected chi connectivity index (χ0v) is 13.4. The Morgan fingerprint density at radius 1 is 1.48 bits per heavy atom. The fourth-order valence-electron chi connectivity index (χ4n) is 2.91. The molecular weight excluding hydrogens is 337 g/mol. The van der Waals surface area contributed by atoms with Crippen LogP contribution < -0.4 is 5.32 Å². The summed E-state index contributed by atoms with van der Waals surface area (Å²) in [4.78, 5) is 4.54. The summed E-state index contributed by atoms with van der Waals surface area (Å²) in [5.74, 6) is 0.828. The first kappa shape index (κ1) is 14.7. The van der Waals surface area contributed by atoms with Crippen LogP contribution in [-0.4, -0.2) is 16.7 Å². The molecule has 1 aromatic carbocycles. The Morgan fingerprint density at radius 3 is 3.00 bits per heavy atom. The van der Waals surface area contributed by atoms with Crippen molar-refractivity contribution in [3.8, 4) is 11.4 Å². The van der Waals surface area contributed by atoms with E-state index in [1.807, 2.05) is 0 Å². The zero-order chi connectivity index (χ0) is 14.9. The molecule has 1 unspecified atom stereocenters. The lowest BCUT2D eigenvalue weighted by Crippen LogP contribution is -2.36. The highest BCUT2D eigenvalue weighted by molar-refractivity contribution is 9.10. The second kappa shape index (κ2) is 5.85. The predicted molar refractivity (Wildman–Crippen MR) is 81.2 cm³/mol. The second-order valence-corrected chi connectivity index (χ2v) is 6.27. The minimum atomic E-state index is -0.303. The number of benzene rings is 1. The van der Waals surface area contributed by atoms with Gasteiger partial charge in [0, 0.05) is 5.56 Å². The highest BCUT2D eigenvalue weighted by Gasteiger charge is 2.39. The molecule has 2 heterocycles. The smallest absolute Gasteiger partial charge is 0.247 e. The maximum atomic E-state index is 13.3. The summed E-state index contributed by atoms with van der Waals surface area (Å²) in [7, 11) is 0. The lowest BCUT2D eigenvalue weighted by molar-refractivity contribution is 0.241. The van der Waals surface area contributed by atoms with Gasteiger partial charge in [0.1, 0.15) is 5.82 Å². The molecule has 0 amide bonds. The number of rotatable bonds is 4. The molecule has 1 saturated heterocycles. The molecule has 1 fully saturated rings. The molecule has 1 N–H and O–H groups in total. The number of aromatic nitrogens is 2. The Kier molecular flexibility index (Phi) is 4.08. The van der Waals surface area contributed by atoms with E-state index in [2.05, 4.69) is 38.3 Å². The van der Waals surface area contributed by atoms with Crippen LogP contribution in [0.4, 0.5) is 4.39 Å². The minimum absolute atomic E-state index is 0.197. The van der Waals surface area contributed by atoms with Crippen LogP contribution in [0, 0.1) is 5.82 Å². The molecule has 1 atom stereocenters. The summed E-state index contributed by atoms with van der Waals surface area (Å²) in [6.45, 7) is 3.12. The van der Waals surface area contributed by atoms with Gasteiger partial charge in [0.2, 0.25) is 11.7 Å². The van der Waals surface area contributed by atoms with Crippen molar-refractivity contribution in [1.82, 2.24) is 15.5 Å². The van der Waals surface area contributed by atoms with Crippen molar-refractivity contribution in [3.63, 3.8) is 0 Å². The van der Waals surface area contributed by atoms with Gasteiger partial charge in [-0.15, -0.1) is 0 Å². The van der Waals surface area contributed by atoms with E-state index in [-0.39, 0.29) is 11.4 Å². The van der Waals surface area contributed by atoms with Crippen LogP contribution in [0.1, 0.15) is 38.5 Å². The zero-order valence-electron chi connectivity index (χ0n) is 11.8. The van der Waals surface area contributed by atoms with E-state index in [9.17, 15) is 4.39 Å². The summed E-state index contributed by atoms with van der Waals surface area (Å²) in [6, 6.07) is 4.72. The van der Waals surface area contributed by atoms with Crippen LogP contribution in [0.15, 0.2) is 27.2 Å². The Bertz CT molecular complexity index is 638. The molecule has 0 saturated carbocycles. The number of hydrogen-bond acceptors (Lipinski definition) is 4. The molecule has 21 heavy (non-hydrogen) atoms. The van der Waals surface area contributed by atoms with Crippen molar-refractivity contribution >= 4 is 15.9 Å². The van der Waals surface area contributed by atoms with Gasteiger partial charge in [-0.05, 0) is 59.9 Å². The minimum Gasteiger partial charge on any atom is -0.337 e. The highest BCUT2D eigenvalue weighted by Crippen LogP contribution is 2.35.